The Balaban J connectivity index is 2.34. The van der Waals surface area contributed by atoms with Crippen molar-refractivity contribution in [1.29, 1.82) is 0 Å². The molecule has 0 saturated carbocycles. The van der Waals surface area contributed by atoms with Crippen molar-refractivity contribution in [3.63, 3.8) is 0 Å². The second-order valence-corrected chi connectivity index (χ2v) is 3.59. The van der Waals surface area contributed by atoms with Gasteiger partial charge in [-0.25, -0.2) is 4.39 Å². The van der Waals surface area contributed by atoms with Crippen LogP contribution < -0.4 is 10.9 Å². The number of hydrogen-bond donors (Lipinski definition) is 2. The lowest BCUT2D eigenvalue weighted by molar-refractivity contribution is -0.127. The fourth-order valence-electron chi connectivity index (χ4n) is 1.18. The van der Waals surface area contributed by atoms with Gasteiger partial charge in [-0.1, -0.05) is 18.2 Å². The topological polar surface area (TPSA) is 58.2 Å². The number of halogens is 2. The summed E-state index contributed by atoms with van der Waals surface area (Å²) in [5, 5.41) is 0. The van der Waals surface area contributed by atoms with Crippen LogP contribution in [-0.2, 0) is 16.0 Å². The van der Waals surface area contributed by atoms with Crippen LogP contribution >= 0.6 is 11.6 Å². The molecule has 0 atom stereocenters. The predicted octanol–water partition coefficient (Wildman–Crippen LogP) is 1.14. The molecule has 1 rings (SSSR count). The van der Waals surface area contributed by atoms with E-state index in [0.29, 0.717) is 5.56 Å². The van der Waals surface area contributed by atoms with Gasteiger partial charge in [-0.2, -0.15) is 0 Å². The zero-order valence-corrected chi connectivity index (χ0v) is 9.76. The molecule has 0 aromatic heterocycles. The van der Waals surface area contributed by atoms with Crippen LogP contribution in [0.1, 0.15) is 12.0 Å². The highest BCUT2D eigenvalue weighted by Crippen LogP contribution is 2.08. The molecule has 4 nitrogen and oxygen atoms in total. The quantitative estimate of drug-likeness (QED) is 0.629. The molecular formula is C11H12ClFN2O2. The summed E-state index contributed by atoms with van der Waals surface area (Å²) < 4.78 is 13.2. The van der Waals surface area contributed by atoms with E-state index in [4.69, 9.17) is 11.6 Å². The molecular weight excluding hydrogens is 247 g/mol. The SMILES string of the molecule is O=C(CCl)NNC(=O)CCc1ccccc1F. The van der Waals surface area contributed by atoms with Crippen LogP contribution in [0.15, 0.2) is 24.3 Å². The molecule has 0 radical (unpaired) electrons. The smallest absolute Gasteiger partial charge is 0.253 e. The molecule has 1 aromatic rings. The summed E-state index contributed by atoms with van der Waals surface area (Å²) >= 11 is 5.22. The summed E-state index contributed by atoms with van der Waals surface area (Å²) in [5.74, 6) is -1.46. The number of rotatable bonds is 4. The fraction of sp³-hybridized carbons (Fsp3) is 0.273. The van der Waals surface area contributed by atoms with Crippen molar-refractivity contribution in [2.45, 2.75) is 12.8 Å². The Hall–Kier alpha value is -1.62. The summed E-state index contributed by atoms with van der Waals surface area (Å²) in [7, 11) is 0. The zero-order valence-electron chi connectivity index (χ0n) is 9.00. The standard InChI is InChI=1S/C11H12ClFN2O2/c12-7-11(17)15-14-10(16)6-5-8-3-1-2-4-9(8)13/h1-4H,5-7H2,(H,14,16)(H,15,17). The normalized spacial score (nSPS) is 9.76. The second-order valence-electron chi connectivity index (χ2n) is 3.32. The van der Waals surface area contributed by atoms with Gasteiger partial charge in [0.1, 0.15) is 11.7 Å². The van der Waals surface area contributed by atoms with Crippen LogP contribution in [0.3, 0.4) is 0 Å². The van der Waals surface area contributed by atoms with Crippen LogP contribution in [0.5, 0.6) is 0 Å². The minimum atomic E-state index is -0.495. The van der Waals surface area contributed by atoms with Crippen molar-refractivity contribution in [2.24, 2.45) is 0 Å². The largest absolute Gasteiger partial charge is 0.273 e. The van der Waals surface area contributed by atoms with E-state index < -0.39 is 11.8 Å². The molecule has 0 aliphatic heterocycles. The maximum atomic E-state index is 13.2. The van der Waals surface area contributed by atoms with Gasteiger partial charge in [0.15, 0.2) is 0 Å². The van der Waals surface area contributed by atoms with E-state index in [0.717, 1.165) is 0 Å². The van der Waals surface area contributed by atoms with Gasteiger partial charge >= 0.3 is 0 Å². The first-order chi connectivity index (χ1) is 8.13. The van der Waals surface area contributed by atoms with Crippen LogP contribution in [0, 0.1) is 5.82 Å². The average molecular weight is 259 g/mol. The van der Waals surface area contributed by atoms with Crippen molar-refractivity contribution in [3.05, 3.63) is 35.6 Å². The number of carbonyl (C=O) groups excluding carboxylic acids is 2. The van der Waals surface area contributed by atoms with Crippen molar-refractivity contribution in [3.8, 4) is 0 Å². The van der Waals surface area contributed by atoms with Crippen LogP contribution in [0.4, 0.5) is 4.39 Å². The first-order valence-electron chi connectivity index (χ1n) is 5.00. The molecule has 0 heterocycles. The third-order valence-electron chi connectivity index (χ3n) is 2.04. The van der Waals surface area contributed by atoms with Crippen molar-refractivity contribution < 1.29 is 14.0 Å². The number of carbonyl (C=O) groups is 2. The van der Waals surface area contributed by atoms with Gasteiger partial charge in [-0.05, 0) is 18.1 Å². The molecule has 2 amide bonds. The molecule has 6 heteroatoms. The number of amides is 2. The monoisotopic (exact) mass is 258 g/mol. The molecule has 0 bridgehead atoms. The Labute approximate surface area is 103 Å². The fourth-order valence-corrected chi connectivity index (χ4v) is 1.25. The molecule has 1 aromatic carbocycles. The van der Waals surface area contributed by atoms with E-state index in [2.05, 4.69) is 10.9 Å². The molecule has 0 aliphatic rings. The van der Waals surface area contributed by atoms with E-state index in [9.17, 15) is 14.0 Å². The van der Waals surface area contributed by atoms with Crippen LogP contribution in [-0.4, -0.2) is 17.7 Å². The number of hydrogen-bond acceptors (Lipinski definition) is 2. The lowest BCUT2D eigenvalue weighted by Crippen LogP contribution is -2.42. The Morgan fingerprint density at radius 1 is 1.18 bits per heavy atom. The molecule has 0 saturated heterocycles. The average Bonchev–Trinajstić information content (AvgIpc) is 2.35. The van der Waals surface area contributed by atoms with E-state index in [1.54, 1.807) is 18.2 Å². The van der Waals surface area contributed by atoms with Gasteiger partial charge in [-0.3, -0.25) is 20.4 Å². The predicted molar refractivity (Wildman–Crippen MR) is 61.7 cm³/mol. The molecule has 2 N–H and O–H groups in total. The highest BCUT2D eigenvalue weighted by Gasteiger charge is 2.06. The molecule has 0 aliphatic carbocycles. The van der Waals surface area contributed by atoms with Gasteiger partial charge in [-0.15, -0.1) is 11.6 Å². The minimum Gasteiger partial charge on any atom is -0.273 e. The van der Waals surface area contributed by atoms with E-state index in [1.165, 1.54) is 6.07 Å². The summed E-state index contributed by atoms with van der Waals surface area (Å²) in [6, 6.07) is 6.23. The summed E-state index contributed by atoms with van der Waals surface area (Å²) in [4.78, 5) is 22.0. The van der Waals surface area contributed by atoms with Crippen molar-refractivity contribution in [2.75, 3.05) is 5.88 Å². The maximum absolute atomic E-state index is 13.2. The number of aryl methyl sites for hydroxylation is 1. The van der Waals surface area contributed by atoms with Crippen LogP contribution in [0.25, 0.3) is 0 Å². The maximum Gasteiger partial charge on any atom is 0.253 e. The van der Waals surface area contributed by atoms with E-state index >= 15 is 0 Å². The number of nitrogens with one attached hydrogen (secondary N) is 2. The van der Waals surface area contributed by atoms with Gasteiger partial charge in [0.05, 0.1) is 0 Å². The molecule has 0 fully saturated rings. The van der Waals surface area contributed by atoms with E-state index in [1.807, 2.05) is 0 Å². The Morgan fingerprint density at radius 2 is 1.82 bits per heavy atom. The van der Waals surface area contributed by atoms with Gasteiger partial charge < -0.3 is 0 Å². The zero-order chi connectivity index (χ0) is 12.7. The Kier molecular flexibility index (Phi) is 5.42. The highest BCUT2D eigenvalue weighted by atomic mass is 35.5. The van der Waals surface area contributed by atoms with Crippen molar-refractivity contribution >= 4 is 23.4 Å². The Bertz CT molecular complexity index is 412. The first kappa shape index (κ1) is 13.4. The number of benzene rings is 1. The van der Waals surface area contributed by atoms with Crippen molar-refractivity contribution in [1.82, 2.24) is 10.9 Å². The summed E-state index contributed by atoms with van der Waals surface area (Å²) in [6.45, 7) is 0. The van der Waals surface area contributed by atoms with Gasteiger partial charge in [0.25, 0.3) is 5.91 Å². The third-order valence-corrected chi connectivity index (χ3v) is 2.28. The van der Waals surface area contributed by atoms with E-state index in [-0.39, 0.29) is 24.5 Å². The van der Waals surface area contributed by atoms with Crippen LogP contribution in [0.2, 0.25) is 0 Å². The molecule has 0 spiro atoms. The minimum absolute atomic E-state index is 0.0868. The summed E-state index contributed by atoms with van der Waals surface area (Å²) in [5.41, 5.74) is 4.76. The molecule has 17 heavy (non-hydrogen) atoms. The van der Waals surface area contributed by atoms with Gasteiger partial charge in [0.2, 0.25) is 5.91 Å². The Morgan fingerprint density at radius 3 is 2.47 bits per heavy atom. The lowest BCUT2D eigenvalue weighted by atomic mass is 10.1. The molecule has 0 unspecified atom stereocenters. The number of hydrazine groups is 1. The van der Waals surface area contributed by atoms with Gasteiger partial charge in [0, 0.05) is 6.42 Å². The second kappa shape index (κ2) is 6.85. The third kappa shape index (κ3) is 4.82. The summed E-state index contributed by atoms with van der Waals surface area (Å²) in [6.07, 6.45) is 0.360. The molecule has 92 valence electrons. The lowest BCUT2D eigenvalue weighted by Gasteiger charge is -2.06. The number of alkyl halides is 1. The highest BCUT2D eigenvalue weighted by molar-refractivity contribution is 6.27. The first-order valence-corrected chi connectivity index (χ1v) is 5.54.